The van der Waals surface area contributed by atoms with Crippen molar-refractivity contribution >= 4 is 29.7 Å². The molecule has 0 rings (SSSR count). The maximum absolute atomic E-state index is 12.7. The third-order valence-corrected chi connectivity index (χ3v) is 4.66. The maximum atomic E-state index is 12.7. The summed E-state index contributed by atoms with van der Waals surface area (Å²) < 4.78 is 0. The van der Waals surface area contributed by atoms with Crippen LogP contribution in [0.1, 0.15) is 59.3 Å². The van der Waals surface area contributed by atoms with Crippen molar-refractivity contribution in [3.8, 4) is 0 Å². The zero-order valence-electron chi connectivity index (χ0n) is 18.9. The number of nitrogens with one attached hydrogen (secondary N) is 3. The van der Waals surface area contributed by atoms with E-state index in [1.54, 1.807) is 0 Å². The molecule has 0 heterocycles. The fourth-order valence-electron chi connectivity index (χ4n) is 2.86. The second kappa shape index (κ2) is 15.1. The van der Waals surface area contributed by atoms with E-state index in [-0.39, 0.29) is 18.8 Å². The summed E-state index contributed by atoms with van der Waals surface area (Å²) in [5.41, 5.74) is 11.4. The Hall–Kier alpha value is -2.73. The van der Waals surface area contributed by atoms with Crippen LogP contribution in [0.4, 0.5) is 0 Å². The number of amides is 3. The molecular weight excluding hydrogens is 422 g/mol. The quantitative estimate of drug-likeness (QED) is 0.139. The van der Waals surface area contributed by atoms with Gasteiger partial charge in [0.15, 0.2) is 0 Å². The molecule has 184 valence electrons. The highest BCUT2D eigenvalue weighted by atomic mass is 16.4. The second-order valence-electron chi connectivity index (χ2n) is 8.14. The average Bonchev–Trinajstić information content (AvgIpc) is 2.68. The summed E-state index contributed by atoms with van der Waals surface area (Å²) in [6, 6.07) is -4.25. The monoisotopic (exact) mass is 459 g/mol. The van der Waals surface area contributed by atoms with E-state index in [2.05, 4.69) is 16.0 Å². The van der Waals surface area contributed by atoms with Crippen LogP contribution in [0.3, 0.4) is 0 Å². The molecule has 3 amide bonds. The molecule has 0 fully saturated rings. The normalized spacial score (nSPS) is 14.7. The molecule has 0 aliphatic heterocycles. The van der Waals surface area contributed by atoms with Crippen LogP contribution >= 0.6 is 0 Å². The standard InChI is InChI=1S/C20H37N5O7/c1-11(2)10-13(22)18(29)24-14(6-4-5-9-21)19(30)23-12(3)17(28)25-15(20(31)32)7-8-16(26)27/h11-15H,4-10,21-22H2,1-3H3,(H,23,30)(H,24,29)(H,25,28)(H,26,27)(H,31,32). The average molecular weight is 460 g/mol. The summed E-state index contributed by atoms with van der Waals surface area (Å²) in [6.45, 7) is 5.60. The van der Waals surface area contributed by atoms with E-state index in [0.717, 1.165) is 0 Å². The van der Waals surface area contributed by atoms with Gasteiger partial charge < -0.3 is 37.6 Å². The first-order valence-electron chi connectivity index (χ1n) is 10.7. The van der Waals surface area contributed by atoms with Crippen molar-refractivity contribution in [2.24, 2.45) is 17.4 Å². The molecule has 9 N–H and O–H groups in total. The summed E-state index contributed by atoms with van der Waals surface area (Å²) in [7, 11) is 0. The Morgan fingerprint density at radius 2 is 1.41 bits per heavy atom. The zero-order chi connectivity index (χ0) is 24.8. The first-order valence-corrected chi connectivity index (χ1v) is 10.7. The van der Waals surface area contributed by atoms with Crippen molar-refractivity contribution in [3.05, 3.63) is 0 Å². The van der Waals surface area contributed by atoms with Gasteiger partial charge in [-0.3, -0.25) is 19.2 Å². The number of carboxylic acid groups (broad SMARTS) is 2. The minimum absolute atomic E-state index is 0.187. The van der Waals surface area contributed by atoms with Crippen LogP contribution in [-0.4, -0.2) is 70.6 Å². The van der Waals surface area contributed by atoms with Crippen LogP contribution < -0.4 is 27.4 Å². The molecule has 4 unspecified atom stereocenters. The fraction of sp³-hybridized carbons (Fsp3) is 0.750. The van der Waals surface area contributed by atoms with Gasteiger partial charge in [0.05, 0.1) is 6.04 Å². The topological polar surface area (TPSA) is 214 Å². The van der Waals surface area contributed by atoms with Crippen LogP contribution in [0.25, 0.3) is 0 Å². The smallest absolute Gasteiger partial charge is 0.326 e. The summed E-state index contributed by atoms with van der Waals surface area (Å²) >= 11 is 0. The van der Waals surface area contributed by atoms with Gasteiger partial charge in [0.25, 0.3) is 0 Å². The Morgan fingerprint density at radius 1 is 0.812 bits per heavy atom. The predicted molar refractivity (Wildman–Crippen MR) is 116 cm³/mol. The fourth-order valence-corrected chi connectivity index (χ4v) is 2.86. The molecule has 0 aromatic rings. The molecule has 32 heavy (non-hydrogen) atoms. The van der Waals surface area contributed by atoms with Crippen LogP contribution in [0.5, 0.6) is 0 Å². The van der Waals surface area contributed by atoms with Gasteiger partial charge in [0.1, 0.15) is 18.1 Å². The summed E-state index contributed by atoms with van der Waals surface area (Å²) in [5, 5.41) is 25.1. The highest BCUT2D eigenvalue weighted by Crippen LogP contribution is 2.06. The summed E-state index contributed by atoms with van der Waals surface area (Å²) in [4.78, 5) is 59.3. The first-order chi connectivity index (χ1) is 14.9. The molecule has 4 atom stereocenters. The van der Waals surface area contributed by atoms with E-state index in [4.69, 9.17) is 21.7 Å². The molecule has 0 aromatic heterocycles. The van der Waals surface area contributed by atoms with Gasteiger partial charge >= 0.3 is 11.9 Å². The van der Waals surface area contributed by atoms with Gasteiger partial charge in [-0.15, -0.1) is 0 Å². The molecular formula is C20H37N5O7. The first kappa shape index (κ1) is 29.3. The van der Waals surface area contributed by atoms with Crippen molar-refractivity contribution in [1.82, 2.24) is 16.0 Å². The van der Waals surface area contributed by atoms with E-state index in [0.29, 0.717) is 25.8 Å². The molecule has 12 heteroatoms. The van der Waals surface area contributed by atoms with Crippen molar-refractivity contribution in [1.29, 1.82) is 0 Å². The Kier molecular flexibility index (Phi) is 13.8. The zero-order valence-corrected chi connectivity index (χ0v) is 18.9. The number of rotatable bonds is 16. The van der Waals surface area contributed by atoms with Gasteiger partial charge in [-0.1, -0.05) is 13.8 Å². The molecule has 0 aromatic carbocycles. The van der Waals surface area contributed by atoms with Crippen molar-refractivity contribution in [2.75, 3.05) is 6.54 Å². The van der Waals surface area contributed by atoms with Gasteiger partial charge in [0, 0.05) is 6.42 Å². The molecule has 0 radical (unpaired) electrons. The number of carboxylic acids is 2. The number of hydrogen-bond acceptors (Lipinski definition) is 7. The lowest BCUT2D eigenvalue weighted by Crippen LogP contribution is -2.56. The minimum atomic E-state index is -1.41. The van der Waals surface area contributed by atoms with Crippen molar-refractivity contribution in [2.45, 2.75) is 83.5 Å². The molecule has 0 aliphatic carbocycles. The van der Waals surface area contributed by atoms with E-state index in [1.165, 1.54) is 6.92 Å². The molecule has 0 aliphatic rings. The Balaban J connectivity index is 5.06. The van der Waals surface area contributed by atoms with Crippen molar-refractivity contribution < 1.29 is 34.2 Å². The van der Waals surface area contributed by atoms with E-state index >= 15 is 0 Å². The van der Waals surface area contributed by atoms with E-state index in [9.17, 15) is 24.0 Å². The van der Waals surface area contributed by atoms with Gasteiger partial charge in [-0.05, 0) is 51.5 Å². The van der Waals surface area contributed by atoms with Crippen LogP contribution in [0, 0.1) is 5.92 Å². The molecule has 12 nitrogen and oxygen atoms in total. The van der Waals surface area contributed by atoms with Gasteiger partial charge in [0.2, 0.25) is 17.7 Å². The second-order valence-corrected chi connectivity index (χ2v) is 8.14. The van der Waals surface area contributed by atoms with Crippen LogP contribution in [0.2, 0.25) is 0 Å². The molecule has 0 saturated heterocycles. The number of carbonyl (C=O) groups is 5. The Morgan fingerprint density at radius 3 is 1.91 bits per heavy atom. The number of carbonyl (C=O) groups excluding carboxylic acids is 3. The van der Waals surface area contributed by atoms with E-state index < -0.39 is 60.2 Å². The molecule has 0 spiro atoms. The van der Waals surface area contributed by atoms with Gasteiger partial charge in [-0.2, -0.15) is 0 Å². The third-order valence-electron chi connectivity index (χ3n) is 4.66. The number of nitrogens with two attached hydrogens (primary N) is 2. The summed E-state index contributed by atoms with van der Waals surface area (Å²) in [5.74, 6) is -4.29. The lowest BCUT2D eigenvalue weighted by Gasteiger charge is -2.24. The largest absolute Gasteiger partial charge is 0.481 e. The summed E-state index contributed by atoms with van der Waals surface area (Å²) in [6.07, 6.45) is 1.18. The van der Waals surface area contributed by atoms with Crippen molar-refractivity contribution in [3.63, 3.8) is 0 Å². The highest BCUT2D eigenvalue weighted by Gasteiger charge is 2.28. The Bertz CT molecular complexity index is 656. The molecule has 0 bridgehead atoms. The van der Waals surface area contributed by atoms with Crippen LogP contribution in [0.15, 0.2) is 0 Å². The lowest BCUT2D eigenvalue weighted by atomic mass is 10.0. The third kappa shape index (κ3) is 12.2. The maximum Gasteiger partial charge on any atom is 0.326 e. The highest BCUT2D eigenvalue weighted by molar-refractivity contribution is 5.93. The predicted octanol–water partition coefficient (Wildman–Crippen LogP) is -1.09. The minimum Gasteiger partial charge on any atom is -0.481 e. The lowest BCUT2D eigenvalue weighted by molar-refractivity contribution is -0.143. The van der Waals surface area contributed by atoms with Gasteiger partial charge in [-0.25, -0.2) is 4.79 Å². The number of hydrogen-bond donors (Lipinski definition) is 7. The number of unbranched alkanes of at least 4 members (excludes halogenated alkanes) is 1. The Labute approximate surface area is 187 Å². The van der Waals surface area contributed by atoms with E-state index in [1.807, 2.05) is 13.8 Å². The molecule has 0 saturated carbocycles. The van der Waals surface area contributed by atoms with Crippen LogP contribution in [-0.2, 0) is 24.0 Å². The SMILES string of the molecule is CC(C)CC(N)C(=O)NC(CCCCN)C(=O)NC(C)C(=O)NC(CCC(=O)O)C(=O)O. The number of aliphatic carboxylic acids is 2.